The van der Waals surface area contributed by atoms with E-state index in [0.29, 0.717) is 12.5 Å². The van der Waals surface area contributed by atoms with Gasteiger partial charge in [0, 0.05) is 30.0 Å². The highest BCUT2D eigenvalue weighted by Gasteiger charge is 2.17. The molecule has 26 heavy (non-hydrogen) atoms. The van der Waals surface area contributed by atoms with Crippen LogP contribution in [-0.4, -0.2) is 19.7 Å². The number of fused-ring (bicyclic) bond motifs is 1. The maximum Gasteiger partial charge on any atom is 0.258 e. The molecule has 3 heterocycles. The molecule has 0 aliphatic heterocycles. The number of hydrogen-bond acceptors (Lipinski definition) is 4. The topological polar surface area (TPSA) is 52.8 Å². The molecule has 0 fully saturated rings. The molecule has 5 nitrogen and oxygen atoms in total. The second-order valence-corrected chi connectivity index (χ2v) is 6.34. The third-order valence-electron chi connectivity index (χ3n) is 4.70. The van der Waals surface area contributed by atoms with E-state index in [1.807, 2.05) is 48.8 Å². The molecule has 0 N–H and O–H groups in total. The first kappa shape index (κ1) is 16.3. The molecule has 5 heteroatoms. The van der Waals surface area contributed by atoms with Crippen molar-refractivity contribution in [1.29, 1.82) is 0 Å². The number of hydrogen-bond donors (Lipinski definition) is 0. The molecule has 4 aromatic rings. The van der Waals surface area contributed by atoms with Crippen LogP contribution in [0.1, 0.15) is 22.4 Å². The van der Waals surface area contributed by atoms with Crippen LogP contribution in [0, 0.1) is 13.8 Å². The fourth-order valence-corrected chi connectivity index (χ4v) is 3.16. The van der Waals surface area contributed by atoms with Crippen LogP contribution in [0.4, 0.5) is 0 Å². The molecule has 0 saturated heterocycles. The number of rotatable bonds is 5. The average molecular weight is 344 g/mol. The van der Waals surface area contributed by atoms with Crippen molar-refractivity contribution in [3.63, 3.8) is 0 Å². The van der Waals surface area contributed by atoms with E-state index in [1.165, 1.54) is 11.3 Å². The summed E-state index contributed by atoms with van der Waals surface area (Å²) in [6.45, 7) is 5.41. The van der Waals surface area contributed by atoms with Gasteiger partial charge in [-0.05, 0) is 36.6 Å². The van der Waals surface area contributed by atoms with E-state index in [-0.39, 0.29) is 0 Å². The molecule has 0 amide bonds. The minimum absolute atomic E-state index is 0.463. The number of benzene rings is 1. The van der Waals surface area contributed by atoms with Gasteiger partial charge in [0.2, 0.25) is 0 Å². The van der Waals surface area contributed by atoms with Crippen LogP contribution in [0.3, 0.4) is 0 Å². The van der Waals surface area contributed by atoms with E-state index in [2.05, 4.69) is 39.7 Å². The lowest BCUT2D eigenvalue weighted by Crippen LogP contribution is -2.05. The Morgan fingerprint density at radius 3 is 2.54 bits per heavy atom. The molecular weight excluding hydrogens is 324 g/mol. The first-order chi connectivity index (χ1) is 12.7. The van der Waals surface area contributed by atoms with E-state index < -0.39 is 0 Å². The minimum Gasteiger partial charge on any atom is -0.470 e. The van der Waals surface area contributed by atoms with Gasteiger partial charge in [-0.2, -0.15) is 5.10 Å². The van der Waals surface area contributed by atoms with E-state index in [9.17, 15) is 0 Å². The molecule has 0 saturated carbocycles. The summed E-state index contributed by atoms with van der Waals surface area (Å²) < 4.78 is 8.27. The van der Waals surface area contributed by atoms with E-state index in [4.69, 9.17) is 4.74 Å². The van der Waals surface area contributed by atoms with Crippen molar-refractivity contribution in [2.45, 2.75) is 27.0 Å². The first-order valence-corrected chi connectivity index (χ1v) is 8.60. The summed E-state index contributed by atoms with van der Waals surface area (Å²) in [7, 11) is 0. The second kappa shape index (κ2) is 6.96. The van der Waals surface area contributed by atoms with Crippen molar-refractivity contribution in [1.82, 2.24) is 19.7 Å². The molecule has 0 bridgehead atoms. The highest BCUT2D eigenvalue weighted by atomic mass is 16.5. The molecule has 0 aliphatic rings. The molecule has 1 aromatic carbocycles. The Bertz CT molecular complexity index is 1030. The van der Waals surface area contributed by atoms with Crippen molar-refractivity contribution in [2.24, 2.45) is 0 Å². The molecule has 3 aromatic heterocycles. The Hall–Kier alpha value is -3.21. The number of ether oxygens (including phenoxy) is 1. The Morgan fingerprint density at radius 1 is 0.962 bits per heavy atom. The molecule has 130 valence electrons. The first-order valence-electron chi connectivity index (χ1n) is 8.60. The lowest BCUT2D eigenvalue weighted by Gasteiger charge is -2.11. The average Bonchev–Trinajstić information content (AvgIpc) is 2.93. The largest absolute Gasteiger partial charge is 0.470 e. The zero-order valence-electron chi connectivity index (χ0n) is 14.9. The highest BCUT2D eigenvalue weighted by molar-refractivity contribution is 5.88. The summed E-state index contributed by atoms with van der Waals surface area (Å²) in [5.41, 5.74) is 5.60. The van der Waals surface area contributed by atoms with Crippen molar-refractivity contribution in [3.05, 3.63) is 83.4 Å². The number of aryl methyl sites for hydroxylation is 1. The van der Waals surface area contributed by atoms with Crippen LogP contribution in [0.5, 0.6) is 5.88 Å². The lowest BCUT2D eigenvalue weighted by molar-refractivity contribution is 0.293. The van der Waals surface area contributed by atoms with Gasteiger partial charge in [0.25, 0.3) is 5.88 Å². The molecule has 4 rings (SSSR count). The molecule has 0 unspecified atom stereocenters. The van der Waals surface area contributed by atoms with Crippen molar-refractivity contribution >= 4 is 10.9 Å². The van der Waals surface area contributed by atoms with Crippen LogP contribution >= 0.6 is 0 Å². The van der Waals surface area contributed by atoms with Gasteiger partial charge >= 0.3 is 0 Å². The monoisotopic (exact) mass is 344 g/mol. The quantitative estimate of drug-likeness (QED) is 0.548. The fraction of sp³-hybridized carbons (Fsp3) is 0.190. The van der Waals surface area contributed by atoms with Gasteiger partial charge in [-0.15, -0.1) is 5.10 Å². The standard InChI is InChI=1S/C21H20N4O/c1-15-16(2)25(13-18-9-6-10-22-11-18)20-19(15)12-23-24-21(20)26-14-17-7-4-3-5-8-17/h3-12H,13-14H2,1-2H3. The van der Waals surface area contributed by atoms with Crippen LogP contribution in [-0.2, 0) is 13.2 Å². The molecule has 0 radical (unpaired) electrons. The van der Waals surface area contributed by atoms with Crippen LogP contribution in [0.25, 0.3) is 10.9 Å². The highest BCUT2D eigenvalue weighted by Crippen LogP contribution is 2.31. The summed E-state index contributed by atoms with van der Waals surface area (Å²) in [5, 5.41) is 9.49. The predicted octanol–water partition coefficient (Wildman–Crippen LogP) is 4.07. The minimum atomic E-state index is 0.463. The normalized spacial score (nSPS) is 11.0. The van der Waals surface area contributed by atoms with Crippen LogP contribution in [0.15, 0.2) is 61.1 Å². The summed E-state index contributed by atoms with van der Waals surface area (Å²) >= 11 is 0. The Labute approximate surface area is 152 Å². The number of nitrogens with zero attached hydrogens (tertiary/aromatic N) is 4. The zero-order chi connectivity index (χ0) is 17.9. The Morgan fingerprint density at radius 2 is 1.77 bits per heavy atom. The third kappa shape index (κ3) is 3.04. The number of pyridine rings is 1. The van der Waals surface area contributed by atoms with E-state index >= 15 is 0 Å². The summed E-state index contributed by atoms with van der Waals surface area (Å²) in [5.74, 6) is 0.562. The van der Waals surface area contributed by atoms with Crippen molar-refractivity contribution < 1.29 is 4.74 Å². The molecule has 0 aliphatic carbocycles. The third-order valence-corrected chi connectivity index (χ3v) is 4.70. The van der Waals surface area contributed by atoms with Crippen LogP contribution in [0.2, 0.25) is 0 Å². The SMILES string of the molecule is Cc1c(C)n(Cc2cccnc2)c2c(OCc3ccccc3)nncc12. The maximum atomic E-state index is 6.04. The van der Waals surface area contributed by atoms with Gasteiger partial charge in [-0.25, -0.2) is 0 Å². The maximum absolute atomic E-state index is 6.04. The van der Waals surface area contributed by atoms with Gasteiger partial charge in [-0.3, -0.25) is 4.98 Å². The molecule has 0 spiro atoms. The predicted molar refractivity (Wildman–Crippen MR) is 101 cm³/mol. The van der Waals surface area contributed by atoms with Gasteiger partial charge in [0.05, 0.1) is 6.20 Å². The lowest BCUT2D eigenvalue weighted by atomic mass is 10.2. The van der Waals surface area contributed by atoms with Gasteiger partial charge < -0.3 is 9.30 Å². The van der Waals surface area contributed by atoms with Crippen molar-refractivity contribution in [2.75, 3.05) is 0 Å². The summed E-state index contributed by atoms with van der Waals surface area (Å²) in [6.07, 6.45) is 5.49. The van der Waals surface area contributed by atoms with Crippen molar-refractivity contribution in [3.8, 4) is 5.88 Å². The zero-order valence-corrected chi connectivity index (χ0v) is 14.9. The van der Waals surface area contributed by atoms with E-state index in [1.54, 1.807) is 6.20 Å². The molecular formula is C21H20N4O. The smallest absolute Gasteiger partial charge is 0.258 e. The van der Waals surface area contributed by atoms with Gasteiger partial charge in [0.15, 0.2) is 0 Å². The fourth-order valence-electron chi connectivity index (χ4n) is 3.16. The number of aromatic nitrogens is 4. The summed E-state index contributed by atoms with van der Waals surface area (Å²) in [4.78, 5) is 4.22. The second-order valence-electron chi connectivity index (χ2n) is 6.34. The van der Waals surface area contributed by atoms with Crippen LogP contribution < -0.4 is 4.74 Å². The molecule has 0 atom stereocenters. The van der Waals surface area contributed by atoms with E-state index in [0.717, 1.165) is 28.6 Å². The summed E-state index contributed by atoms with van der Waals surface area (Å²) in [6, 6.07) is 14.1. The van der Waals surface area contributed by atoms with Gasteiger partial charge in [0.1, 0.15) is 12.1 Å². The van der Waals surface area contributed by atoms with Gasteiger partial charge in [-0.1, -0.05) is 36.4 Å². The Kier molecular flexibility index (Phi) is 4.35. The Balaban J connectivity index is 1.75.